The van der Waals surface area contributed by atoms with Gasteiger partial charge in [-0.15, -0.1) is 0 Å². The number of aliphatic hydroxyl groups excluding tert-OH is 2. The van der Waals surface area contributed by atoms with E-state index < -0.39 is 17.7 Å². The number of rotatable bonds is 10. The van der Waals surface area contributed by atoms with E-state index in [-0.39, 0.29) is 84.7 Å². The quantitative estimate of drug-likeness (QED) is 0.107. The third-order valence-electron chi connectivity index (χ3n) is 10.7. The molecule has 0 aromatic rings. The van der Waals surface area contributed by atoms with Crippen LogP contribution < -0.4 is 0 Å². The highest BCUT2D eigenvalue weighted by Gasteiger charge is 2.41. The van der Waals surface area contributed by atoms with Crippen LogP contribution in [-0.4, -0.2) is 72.8 Å². The summed E-state index contributed by atoms with van der Waals surface area (Å²) in [6, 6.07) is 0. The van der Waals surface area contributed by atoms with Gasteiger partial charge in [0.2, 0.25) is 5.78 Å². The first-order chi connectivity index (χ1) is 20.5. The van der Waals surface area contributed by atoms with E-state index in [1.54, 1.807) is 7.11 Å². The molecule has 0 aromatic carbocycles. The Kier molecular flexibility index (Phi) is 11.7. The Hall–Kier alpha value is -2.00. The zero-order chi connectivity index (χ0) is 31.4. The van der Waals surface area contributed by atoms with Gasteiger partial charge < -0.3 is 29.2 Å². The predicted octanol–water partition coefficient (Wildman–Crippen LogP) is 5.74. The largest absolute Gasteiger partial charge is 0.511 e. The number of cyclic esters (lactones) is 1. The fourth-order valence-corrected chi connectivity index (χ4v) is 8.06. The summed E-state index contributed by atoms with van der Waals surface area (Å²) < 4.78 is 23.4. The number of hydrogen-bond donors (Lipinski definition) is 2. The number of methoxy groups -OCH3 is 1. The Morgan fingerprint density at radius 3 is 2.42 bits per heavy atom. The average molecular weight is 603 g/mol. The molecule has 3 aliphatic heterocycles. The molecule has 12 atom stereocenters. The minimum absolute atomic E-state index is 0.0116. The van der Waals surface area contributed by atoms with Crippen molar-refractivity contribution >= 4 is 11.8 Å². The van der Waals surface area contributed by atoms with Crippen LogP contribution >= 0.6 is 0 Å². The van der Waals surface area contributed by atoms with Crippen molar-refractivity contribution in [2.24, 2.45) is 41.4 Å². The lowest BCUT2D eigenvalue weighted by molar-refractivity contribution is -0.135. The minimum Gasteiger partial charge on any atom is -0.511 e. The summed E-state index contributed by atoms with van der Waals surface area (Å²) in [6.07, 6.45) is 12.5. The van der Waals surface area contributed by atoms with E-state index in [1.807, 2.05) is 6.92 Å². The number of aliphatic hydroxyl groups is 2. The number of ketones is 1. The van der Waals surface area contributed by atoms with E-state index >= 15 is 0 Å². The van der Waals surface area contributed by atoms with Crippen molar-refractivity contribution in [3.63, 3.8) is 0 Å². The molecule has 8 heteroatoms. The smallest absolute Gasteiger partial charge is 0.345 e. The molecule has 0 bridgehead atoms. The minimum atomic E-state index is -0.739. The number of carbonyl (C=O) groups is 2. The Morgan fingerprint density at radius 1 is 1.02 bits per heavy atom. The fraction of sp³-hybridized carbons (Fsp3) is 0.771. The third kappa shape index (κ3) is 7.63. The molecular formula is C35H54O8. The summed E-state index contributed by atoms with van der Waals surface area (Å²) >= 11 is 0. The van der Waals surface area contributed by atoms with Crippen molar-refractivity contribution in [3.05, 3.63) is 35.1 Å². The SMILES string of the molecule is CO[C@@H](C)[C@H]1C[C@H](C)C([C@@H](C)/C=C/[C@@H]2CC[C@@H](C)[C@H](/C(=C/[C@H]3CCC[C@@H](C)[C@@H]3[C@H](C)/C(O)=C3\C(=O)COC3=O)CO)O2)O1. The Morgan fingerprint density at radius 2 is 1.77 bits per heavy atom. The van der Waals surface area contributed by atoms with Crippen molar-refractivity contribution in [3.8, 4) is 0 Å². The lowest BCUT2D eigenvalue weighted by atomic mass is 9.66. The van der Waals surface area contributed by atoms with Gasteiger partial charge in [-0.2, -0.15) is 0 Å². The van der Waals surface area contributed by atoms with Gasteiger partial charge in [0.1, 0.15) is 11.3 Å². The van der Waals surface area contributed by atoms with Crippen molar-refractivity contribution in [1.29, 1.82) is 0 Å². The highest BCUT2D eigenvalue weighted by atomic mass is 16.6. The molecule has 8 nitrogen and oxygen atoms in total. The van der Waals surface area contributed by atoms with Crippen LogP contribution in [0.25, 0.3) is 0 Å². The van der Waals surface area contributed by atoms with E-state index in [4.69, 9.17) is 18.9 Å². The first-order valence-corrected chi connectivity index (χ1v) is 16.4. The molecule has 2 N–H and O–H groups in total. The molecule has 1 aliphatic carbocycles. The number of esters is 1. The highest BCUT2D eigenvalue weighted by molar-refractivity contribution is 6.22. The normalized spacial score (nSPS) is 39.2. The summed E-state index contributed by atoms with van der Waals surface area (Å²) in [6.45, 7) is 12.3. The molecule has 4 fully saturated rings. The maximum absolute atomic E-state index is 12.3. The summed E-state index contributed by atoms with van der Waals surface area (Å²) in [4.78, 5) is 24.4. The fourth-order valence-electron chi connectivity index (χ4n) is 8.06. The topological polar surface area (TPSA) is 112 Å². The molecule has 0 amide bonds. The first kappa shape index (κ1) is 33.9. The number of allylic oxidation sites excluding steroid dienone is 2. The van der Waals surface area contributed by atoms with E-state index in [9.17, 15) is 19.8 Å². The number of carbonyl (C=O) groups excluding carboxylic acids is 2. The van der Waals surface area contributed by atoms with Crippen LogP contribution in [0.4, 0.5) is 0 Å². The summed E-state index contributed by atoms with van der Waals surface area (Å²) in [7, 11) is 1.73. The van der Waals surface area contributed by atoms with Crippen LogP contribution in [0.3, 0.4) is 0 Å². The standard InChI is InChI=1S/C35H54O8/c1-19-9-8-10-25(30(19)23(5)32(38)31-28(37)18-41-35(31)39)16-26(17-36)34-21(3)12-14-27(42-34)13-11-20(2)33-22(4)15-29(43-33)24(6)40-7/h11,13,16,19-25,27,29-30,33-34,36,38H,8-10,12,14-15,17-18H2,1-7H3/b13-11+,26-16+,32-31-/t19-,20+,21-,22+,23+,24+,25-,27-,29-,30-,33?,34-/m1/s1. The van der Waals surface area contributed by atoms with Crippen molar-refractivity contribution in [2.75, 3.05) is 20.3 Å². The molecule has 0 spiro atoms. The maximum Gasteiger partial charge on any atom is 0.345 e. The van der Waals surface area contributed by atoms with Gasteiger partial charge in [0.05, 0.1) is 37.1 Å². The van der Waals surface area contributed by atoms with Gasteiger partial charge >= 0.3 is 5.97 Å². The van der Waals surface area contributed by atoms with E-state index in [1.165, 1.54) is 0 Å². The average Bonchev–Trinajstić information content (AvgIpc) is 3.55. The van der Waals surface area contributed by atoms with Gasteiger partial charge in [-0.05, 0) is 67.8 Å². The second-order valence-electron chi connectivity index (χ2n) is 13.8. The monoisotopic (exact) mass is 602 g/mol. The Bertz CT molecular complexity index is 1060. The molecule has 0 radical (unpaired) electrons. The molecule has 4 rings (SSSR count). The predicted molar refractivity (Wildman–Crippen MR) is 164 cm³/mol. The van der Waals surface area contributed by atoms with E-state index in [0.29, 0.717) is 5.92 Å². The van der Waals surface area contributed by atoms with Gasteiger partial charge in [0.25, 0.3) is 0 Å². The molecule has 4 aliphatic rings. The molecular weight excluding hydrogens is 548 g/mol. The van der Waals surface area contributed by atoms with Crippen molar-refractivity contribution < 1.29 is 38.7 Å². The first-order valence-electron chi connectivity index (χ1n) is 16.4. The van der Waals surface area contributed by atoms with Gasteiger partial charge in [-0.25, -0.2) is 4.79 Å². The summed E-state index contributed by atoms with van der Waals surface area (Å²) in [5.74, 6) is -0.447. The molecule has 242 valence electrons. The lowest BCUT2D eigenvalue weighted by Gasteiger charge is -2.41. The van der Waals surface area contributed by atoms with Crippen molar-refractivity contribution in [2.45, 2.75) is 111 Å². The van der Waals surface area contributed by atoms with Crippen LogP contribution in [0.5, 0.6) is 0 Å². The third-order valence-corrected chi connectivity index (χ3v) is 10.7. The number of Topliss-reactive ketones (excluding diaryl/α,β-unsaturated/α-hetero) is 1. The maximum atomic E-state index is 12.3. The van der Waals surface area contributed by atoms with Gasteiger partial charge in [-0.3, -0.25) is 4.79 Å². The zero-order valence-corrected chi connectivity index (χ0v) is 27.2. The van der Waals surface area contributed by atoms with Gasteiger partial charge in [0, 0.05) is 18.9 Å². The van der Waals surface area contributed by atoms with Gasteiger partial charge in [-0.1, -0.05) is 65.7 Å². The second kappa shape index (κ2) is 14.9. The molecule has 1 saturated carbocycles. The van der Waals surface area contributed by atoms with E-state index in [2.05, 4.69) is 52.8 Å². The number of ether oxygens (including phenoxy) is 4. The molecule has 3 heterocycles. The molecule has 3 saturated heterocycles. The Labute approximate surface area is 257 Å². The van der Waals surface area contributed by atoms with Crippen LogP contribution in [0.2, 0.25) is 0 Å². The highest BCUT2D eigenvalue weighted by Crippen LogP contribution is 2.44. The summed E-state index contributed by atoms with van der Waals surface area (Å²) in [5, 5.41) is 21.6. The molecule has 1 unspecified atom stereocenters. The van der Waals surface area contributed by atoms with Crippen LogP contribution in [0.1, 0.15) is 80.1 Å². The lowest BCUT2D eigenvalue weighted by Crippen LogP contribution is -2.37. The van der Waals surface area contributed by atoms with Gasteiger partial charge in [0.15, 0.2) is 6.61 Å². The zero-order valence-electron chi connectivity index (χ0n) is 27.2. The second-order valence-corrected chi connectivity index (χ2v) is 13.8. The van der Waals surface area contributed by atoms with E-state index in [0.717, 1.165) is 44.1 Å². The van der Waals surface area contributed by atoms with Crippen molar-refractivity contribution in [1.82, 2.24) is 0 Å². The molecule has 43 heavy (non-hydrogen) atoms. The van der Waals surface area contributed by atoms with Crippen LogP contribution in [-0.2, 0) is 28.5 Å². The van der Waals surface area contributed by atoms with Crippen LogP contribution in [0.15, 0.2) is 35.1 Å². The Balaban J connectivity index is 1.48. The summed E-state index contributed by atoms with van der Waals surface area (Å²) in [5.41, 5.74) is 0.673. The number of hydrogen-bond acceptors (Lipinski definition) is 8. The van der Waals surface area contributed by atoms with Crippen LogP contribution in [0, 0.1) is 41.4 Å². The molecule has 0 aromatic heterocycles.